The molecule has 0 radical (unpaired) electrons. The van der Waals surface area contributed by atoms with Gasteiger partial charge in [0.1, 0.15) is 5.82 Å². The summed E-state index contributed by atoms with van der Waals surface area (Å²) in [7, 11) is 0. The van der Waals surface area contributed by atoms with E-state index >= 15 is 0 Å². The van der Waals surface area contributed by atoms with Crippen LogP contribution < -0.4 is 5.73 Å². The van der Waals surface area contributed by atoms with E-state index in [-0.39, 0.29) is 0 Å². The highest BCUT2D eigenvalue weighted by Gasteiger charge is 2.10. The molecule has 3 nitrogen and oxygen atoms in total. The maximum absolute atomic E-state index is 6.06. The maximum atomic E-state index is 6.06. The zero-order chi connectivity index (χ0) is 13.9. The number of halogens is 1. The van der Waals surface area contributed by atoms with Gasteiger partial charge < -0.3 is 10.3 Å². The Kier molecular flexibility index (Phi) is 3.72. The van der Waals surface area contributed by atoms with Crippen molar-refractivity contribution in [1.29, 1.82) is 0 Å². The molecule has 2 aromatic carbocycles. The number of hydrogen-bond acceptors (Lipinski definition) is 2. The van der Waals surface area contributed by atoms with E-state index in [0.29, 0.717) is 6.54 Å². The number of imidazole rings is 1. The molecule has 20 heavy (non-hydrogen) atoms. The van der Waals surface area contributed by atoms with Gasteiger partial charge in [0.15, 0.2) is 0 Å². The van der Waals surface area contributed by atoms with Gasteiger partial charge in [-0.05, 0) is 36.4 Å². The van der Waals surface area contributed by atoms with Crippen LogP contribution in [0, 0.1) is 0 Å². The van der Waals surface area contributed by atoms with Crippen LogP contribution >= 0.6 is 11.6 Å². The van der Waals surface area contributed by atoms with Gasteiger partial charge in [0, 0.05) is 18.0 Å². The van der Waals surface area contributed by atoms with E-state index in [1.165, 1.54) is 5.56 Å². The Bertz CT molecular complexity index is 733. The second kappa shape index (κ2) is 5.65. The average Bonchev–Trinajstić information content (AvgIpc) is 2.78. The monoisotopic (exact) mass is 285 g/mol. The molecule has 1 aromatic heterocycles. The number of benzene rings is 2. The Morgan fingerprint density at radius 1 is 1.10 bits per heavy atom. The topological polar surface area (TPSA) is 43.8 Å². The van der Waals surface area contributed by atoms with Crippen molar-refractivity contribution in [2.24, 2.45) is 5.73 Å². The molecule has 0 saturated carbocycles. The molecule has 0 bridgehead atoms. The van der Waals surface area contributed by atoms with Crippen LogP contribution in [0.25, 0.3) is 11.0 Å². The molecule has 4 heteroatoms. The first kappa shape index (κ1) is 13.2. The van der Waals surface area contributed by atoms with Crippen LogP contribution in [0.1, 0.15) is 11.4 Å². The molecule has 2 N–H and O–H groups in total. The standard InChI is InChI=1S/C16H16ClN3/c17-13-5-3-4-12(10-13)11-20-15-7-2-1-6-14(15)19-16(20)8-9-18/h1-7,10H,8-9,11,18H2. The Hall–Kier alpha value is -1.84. The molecule has 3 rings (SSSR count). The van der Waals surface area contributed by atoms with E-state index in [0.717, 1.165) is 34.8 Å². The van der Waals surface area contributed by atoms with Crippen LogP contribution in [-0.2, 0) is 13.0 Å². The van der Waals surface area contributed by atoms with Crippen molar-refractivity contribution in [2.75, 3.05) is 6.54 Å². The predicted molar refractivity (Wildman–Crippen MR) is 83.0 cm³/mol. The lowest BCUT2D eigenvalue weighted by Gasteiger charge is -2.09. The van der Waals surface area contributed by atoms with Crippen LogP contribution in [-0.4, -0.2) is 16.1 Å². The van der Waals surface area contributed by atoms with Gasteiger partial charge in [-0.1, -0.05) is 35.9 Å². The highest BCUT2D eigenvalue weighted by Crippen LogP contribution is 2.19. The normalized spacial score (nSPS) is 11.1. The van der Waals surface area contributed by atoms with Crippen LogP contribution in [0.2, 0.25) is 5.02 Å². The lowest BCUT2D eigenvalue weighted by molar-refractivity contribution is 0.735. The number of nitrogens with two attached hydrogens (primary N) is 1. The van der Waals surface area contributed by atoms with Gasteiger partial charge in [0.2, 0.25) is 0 Å². The van der Waals surface area contributed by atoms with Crippen molar-refractivity contribution < 1.29 is 0 Å². The SMILES string of the molecule is NCCc1nc2ccccc2n1Cc1cccc(Cl)c1. The number of aromatic nitrogens is 2. The van der Waals surface area contributed by atoms with Gasteiger partial charge in [0.05, 0.1) is 11.0 Å². The van der Waals surface area contributed by atoms with Gasteiger partial charge in [0.25, 0.3) is 0 Å². The average molecular weight is 286 g/mol. The van der Waals surface area contributed by atoms with Crippen molar-refractivity contribution in [3.8, 4) is 0 Å². The summed E-state index contributed by atoms with van der Waals surface area (Å²) in [6, 6.07) is 16.1. The molecule has 0 aliphatic rings. The molecule has 102 valence electrons. The van der Waals surface area contributed by atoms with E-state index in [1.54, 1.807) is 0 Å². The fourth-order valence-corrected chi connectivity index (χ4v) is 2.65. The molecule has 0 unspecified atom stereocenters. The number of nitrogens with zero attached hydrogens (tertiary/aromatic N) is 2. The fraction of sp³-hybridized carbons (Fsp3) is 0.188. The molecule has 0 amide bonds. The maximum Gasteiger partial charge on any atom is 0.111 e. The Labute approximate surface area is 123 Å². The third-order valence-corrected chi connectivity index (χ3v) is 3.57. The second-order valence-corrected chi connectivity index (χ2v) is 5.21. The predicted octanol–water partition coefficient (Wildman–Crippen LogP) is 3.24. The van der Waals surface area contributed by atoms with E-state index in [9.17, 15) is 0 Å². The van der Waals surface area contributed by atoms with Gasteiger partial charge in [-0.2, -0.15) is 0 Å². The van der Waals surface area contributed by atoms with Crippen molar-refractivity contribution in [3.63, 3.8) is 0 Å². The minimum atomic E-state index is 0.596. The Balaban J connectivity index is 2.06. The summed E-state index contributed by atoms with van der Waals surface area (Å²) in [4.78, 5) is 4.67. The number of hydrogen-bond donors (Lipinski definition) is 1. The molecule has 0 spiro atoms. The lowest BCUT2D eigenvalue weighted by atomic mass is 10.2. The molecule has 3 aromatic rings. The fourth-order valence-electron chi connectivity index (χ4n) is 2.44. The van der Waals surface area contributed by atoms with Crippen LogP contribution in [0.3, 0.4) is 0 Å². The zero-order valence-corrected chi connectivity index (χ0v) is 11.8. The summed E-state index contributed by atoms with van der Waals surface area (Å²) in [6.07, 6.45) is 0.773. The summed E-state index contributed by atoms with van der Waals surface area (Å²) in [5.41, 5.74) is 9.01. The molecular weight excluding hydrogens is 270 g/mol. The number of rotatable bonds is 4. The highest BCUT2D eigenvalue weighted by atomic mass is 35.5. The van der Waals surface area contributed by atoms with Crippen molar-refractivity contribution in [3.05, 3.63) is 64.9 Å². The van der Waals surface area contributed by atoms with Gasteiger partial charge in [-0.25, -0.2) is 4.98 Å². The summed E-state index contributed by atoms with van der Waals surface area (Å²) < 4.78 is 2.22. The van der Waals surface area contributed by atoms with Crippen LogP contribution in [0.5, 0.6) is 0 Å². The summed E-state index contributed by atoms with van der Waals surface area (Å²) in [5, 5.41) is 0.757. The van der Waals surface area contributed by atoms with Gasteiger partial charge >= 0.3 is 0 Å². The summed E-state index contributed by atoms with van der Waals surface area (Å²) in [6.45, 7) is 1.36. The second-order valence-electron chi connectivity index (χ2n) is 4.77. The van der Waals surface area contributed by atoms with Crippen LogP contribution in [0.4, 0.5) is 0 Å². The minimum absolute atomic E-state index is 0.596. The largest absolute Gasteiger partial charge is 0.330 e. The van der Waals surface area contributed by atoms with Crippen molar-refractivity contribution in [1.82, 2.24) is 9.55 Å². The van der Waals surface area contributed by atoms with E-state index in [1.807, 2.05) is 36.4 Å². The number of fused-ring (bicyclic) bond motifs is 1. The molecule has 1 heterocycles. The van der Waals surface area contributed by atoms with Crippen molar-refractivity contribution in [2.45, 2.75) is 13.0 Å². The third-order valence-electron chi connectivity index (χ3n) is 3.33. The first-order valence-electron chi connectivity index (χ1n) is 6.66. The molecule has 0 atom stereocenters. The molecule has 0 aliphatic carbocycles. The molecular formula is C16H16ClN3. The smallest absolute Gasteiger partial charge is 0.111 e. The lowest BCUT2D eigenvalue weighted by Crippen LogP contribution is -2.10. The molecule has 0 saturated heterocycles. The molecule has 0 aliphatic heterocycles. The quantitative estimate of drug-likeness (QED) is 0.800. The van der Waals surface area contributed by atoms with Crippen molar-refractivity contribution >= 4 is 22.6 Å². The van der Waals surface area contributed by atoms with Crippen LogP contribution in [0.15, 0.2) is 48.5 Å². The summed E-state index contributed by atoms with van der Waals surface area (Å²) in [5.74, 6) is 1.02. The number of para-hydroxylation sites is 2. The van der Waals surface area contributed by atoms with E-state index < -0.39 is 0 Å². The summed E-state index contributed by atoms with van der Waals surface area (Å²) >= 11 is 6.06. The zero-order valence-electron chi connectivity index (χ0n) is 11.1. The van der Waals surface area contributed by atoms with E-state index in [2.05, 4.69) is 21.7 Å². The van der Waals surface area contributed by atoms with E-state index in [4.69, 9.17) is 17.3 Å². The molecule has 0 fully saturated rings. The van der Waals surface area contributed by atoms with Gasteiger partial charge in [-0.15, -0.1) is 0 Å². The Morgan fingerprint density at radius 3 is 2.75 bits per heavy atom. The highest BCUT2D eigenvalue weighted by molar-refractivity contribution is 6.30. The minimum Gasteiger partial charge on any atom is -0.330 e. The van der Waals surface area contributed by atoms with Gasteiger partial charge in [-0.3, -0.25) is 0 Å². The third kappa shape index (κ3) is 2.55. The first-order valence-corrected chi connectivity index (χ1v) is 7.04. The first-order chi connectivity index (χ1) is 9.78. The Morgan fingerprint density at radius 2 is 1.95 bits per heavy atom.